The number of aliphatic imine (C=N–C) groups is 1. The van der Waals surface area contributed by atoms with Gasteiger partial charge in [-0.05, 0) is 49.0 Å². The molecule has 0 bridgehead atoms. The molecule has 110 valence electrons. The molecule has 0 aliphatic carbocycles. The van der Waals surface area contributed by atoms with E-state index >= 15 is 0 Å². The zero-order valence-corrected chi connectivity index (χ0v) is 13.6. The van der Waals surface area contributed by atoms with Crippen molar-refractivity contribution in [2.75, 3.05) is 0 Å². The molecule has 1 N–H and O–H groups in total. The van der Waals surface area contributed by atoms with Crippen LogP contribution in [-0.4, -0.2) is 15.9 Å². The highest BCUT2D eigenvalue weighted by Gasteiger charge is 2.11. The number of aryl methyl sites for hydroxylation is 1. The molecule has 0 spiro atoms. The summed E-state index contributed by atoms with van der Waals surface area (Å²) in [6, 6.07) is 17.5. The second kappa shape index (κ2) is 6.25. The summed E-state index contributed by atoms with van der Waals surface area (Å²) in [6.07, 6.45) is 1.66. The maximum absolute atomic E-state index is 10.4. The van der Waals surface area contributed by atoms with Crippen LogP contribution < -0.4 is 0 Å². The van der Waals surface area contributed by atoms with Crippen LogP contribution in [0.15, 0.2) is 59.6 Å². The highest BCUT2D eigenvalue weighted by molar-refractivity contribution is 7.73. The number of benzene rings is 2. The van der Waals surface area contributed by atoms with Gasteiger partial charge in [0.25, 0.3) is 0 Å². The Kier molecular flexibility index (Phi) is 4.18. The minimum absolute atomic E-state index is 0.123. The van der Waals surface area contributed by atoms with Gasteiger partial charge in [0, 0.05) is 0 Å². The summed E-state index contributed by atoms with van der Waals surface area (Å²) in [6.45, 7) is 2.02. The normalized spacial score (nSPS) is 11.1. The largest absolute Gasteiger partial charge is 0.493 e. The fraction of sp³-hybridized carbons (Fsp3) is 0.0588. The minimum atomic E-state index is 0.123. The Hall–Kier alpha value is -2.24. The Balaban J connectivity index is 1.98. The number of para-hydroxylation sites is 1. The van der Waals surface area contributed by atoms with Gasteiger partial charge in [0.15, 0.2) is 3.95 Å². The number of aromatic hydroxyl groups is 1. The van der Waals surface area contributed by atoms with Crippen LogP contribution in [0.5, 0.6) is 5.88 Å². The van der Waals surface area contributed by atoms with E-state index in [-0.39, 0.29) is 5.88 Å². The Morgan fingerprint density at radius 2 is 1.91 bits per heavy atom. The zero-order chi connectivity index (χ0) is 15.5. The van der Waals surface area contributed by atoms with E-state index in [0.717, 1.165) is 16.9 Å². The van der Waals surface area contributed by atoms with Crippen molar-refractivity contribution in [3.05, 3.63) is 69.0 Å². The predicted octanol–water partition coefficient (Wildman–Crippen LogP) is 5.03. The van der Waals surface area contributed by atoms with Crippen LogP contribution in [-0.2, 0) is 0 Å². The second-order valence-corrected chi connectivity index (χ2v) is 6.50. The number of hydrogen-bond acceptors (Lipinski definition) is 4. The van der Waals surface area contributed by atoms with Crippen molar-refractivity contribution in [3.63, 3.8) is 0 Å². The molecular weight excluding hydrogens is 312 g/mol. The molecule has 0 atom stereocenters. The Morgan fingerprint density at radius 1 is 1.14 bits per heavy atom. The molecule has 0 saturated heterocycles. The van der Waals surface area contributed by atoms with E-state index in [9.17, 15) is 5.11 Å². The maximum Gasteiger partial charge on any atom is 0.216 e. The molecule has 1 heterocycles. The fourth-order valence-electron chi connectivity index (χ4n) is 2.11. The van der Waals surface area contributed by atoms with Crippen LogP contribution in [0.4, 0.5) is 5.69 Å². The third-order valence-corrected chi connectivity index (χ3v) is 4.46. The van der Waals surface area contributed by atoms with E-state index in [0.29, 0.717) is 8.83 Å². The lowest BCUT2D eigenvalue weighted by atomic mass is 10.2. The molecule has 5 heteroatoms. The molecule has 3 nitrogen and oxygen atoms in total. The van der Waals surface area contributed by atoms with Gasteiger partial charge in [0.2, 0.25) is 5.88 Å². The van der Waals surface area contributed by atoms with Crippen molar-refractivity contribution < 1.29 is 5.11 Å². The number of rotatable bonds is 3. The first kappa shape index (κ1) is 14.7. The average molecular weight is 326 g/mol. The smallest absolute Gasteiger partial charge is 0.216 e. The third-order valence-electron chi connectivity index (χ3n) is 3.16. The molecule has 0 saturated carbocycles. The number of aromatic nitrogens is 1. The number of thiazole rings is 1. The van der Waals surface area contributed by atoms with E-state index in [2.05, 4.69) is 4.99 Å². The summed E-state index contributed by atoms with van der Waals surface area (Å²) < 4.78 is 2.24. The van der Waals surface area contributed by atoms with Crippen LogP contribution >= 0.6 is 23.6 Å². The molecule has 0 aliphatic heterocycles. The second-order valence-electron chi connectivity index (χ2n) is 4.82. The van der Waals surface area contributed by atoms with Gasteiger partial charge in [0.05, 0.1) is 17.6 Å². The zero-order valence-electron chi connectivity index (χ0n) is 11.9. The van der Waals surface area contributed by atoms with Crippen molar-refractivity contribution in [1.29, 1.82) is 0 Å². The van der Waals surface area contributed by atoms with Gasteiger partial charge in [-0.25, -0.2) is 0 Å². The number of nitrogens with zero attached hydrogens (tertiary/aromatic N) is 2. The molecular formula is C17H14N2OS2. The Morgan fingerprint density at radius 3 is 2.64 bits per heavy atom. The van der Waals surface area contributed by atoms with Gasteiger partial charge in [-0.15, -0.1) is 0 Å². The van der Waals surface area contributed by atoms with Gasteiger partial charge in [-0.2, -0.15) is 0 Å². The van der Waals surface area contributed by atoms with Crippen molar-refractivity contribution in [2.24, 2.45) is 4.99 Å². The lowest BCUT2D eigenvalue weighted by molar-refractivity contribution is 0.441. The van der Waals surface area contributed by atoms with Crippen molar-refractivity contribution >= 4 is 35.5 Å². The molecule has 0 radical (unpaired) electrons. The van der Waals surface area contributed by atoms with E-state index in [1.165, 1.54) is 11.3 Å². The fourth-order valence-corrected chi connectivity index (χ4v) is 3.33. The quantitative estimate of drug-likeness (QED) is 0.541. The Bertz CT molecular complexity index is 879. The summed E-state index contributed by atoms with van der Waals surface area (Å²) in [5, 5.41) is 10.4. The molecule has 1 aromatic heterocycles. The van der Waals surface area contributed by atoms with Gasteiger partial charge < -0.3 is 5.11 Å². The SMILES string of the molecule is Cc1cccc(N=Cc2sc(=S)n(-c3ccccc3)c2O)c1. The monoisotopic (exact) mass is 326 g/mol. The average Bonchev–Trinajstić information content (AvgIpc) is 2.80. The van der Waals surface area contributed by atoms with Crippen LogP contribution in [0.3, 0.4) is 0 Å². The van der Waals surface area contributed by atoms with Crippen molar-refractivity contribution in [3.8, 4) is 11.6 Å². The molecule has 22 heavy (non-hydrogen) atoms. The minimum Gasteiger partial charge on any atom is -0.493 e. The summed E-state index contributed by atoms with van der Waals surface area (Å²) in [5.74, 6) is 0.123. The van der Waals surface area contributed by atoms with Gasteiger partial charge in [-0.3, -0.25) is 9.56 Å². The highest BCUT2D eigenvalue weighted by atomic mass is 32.1. The van der Waals surface area contributed by atoms with Crippen molar-refractivity contribution in [2.45, 2.75) is 6.92 Å². The first-order chi connectivity index (χ1) is 10.6. The summed E-state index contributed by atoms with van der Waals surface area (Å²) >= 11 is 6.69. The topological polar surface area (TPSA) is 37.5 Å². The summed E-state index contributed by atoms with van der Waals surface area (Å²) in [7, 11) is 0. The first-order valence-corrected chi connectivity index (χ1v) is 7.98. The van der Waals surface area contributed by atoms with Crippen molar-refractivity contribution in [1.82, 2.24) is 4.57 Å². The van der Waals surface area contributed by atoms with E-state index in [1.807, 2.05) is 61.5 Å². The third kappa shape index (κ3) is 3.00. The lowest BCUT2D eigenvalue weighted by Gasteiger charge is -2.03. The molecule has 3 aromatic rings. The number of hydrogen-bond donors (Lipinski definition) is 1. The van der Waals surface area contributed by atoms with Crippen LogP contribution in [0.2, 0.25) is 0 Å². The molecule has 0 fully saturated rings. The van der Waals surface area contributed by atoms with Gasteiger partial charge in [-0.1, -0.05) is 41.7 Å². The lowest BCUT2D eigenvalue weighted by Crippen LogP contribution is -1.92. The van der Waals surface area contributed by atoms with Gasteiger partial charge in [0.1, 0.15) is 4.88 Å². The van der Waals surface area contributed by atoms with E-state index < -0.39 is 0 Å². The molecule has 0 aliphatic rings. The molecule has 0 amide bonds. The molecule has 0 unspecified atom stereocenters. The van der Waals surface area contributed by atoms with Gasteiger partial charge >= 0.3 is 0 Å². The maximum atomic E-state index is 10.4. The summed E-state index contributed by atoms with van der Waals surface area (Å²) in [4.78, 5) is 5.06. The van der Waals surface area contributed by atoms with Crippen LogP contribution in [0.1, 0.15) is 10.4 Å². The summed E-state index contributed by atoms with van der Waals surface area (Å²) in [5.41, 5.74) is 2.84. The predicted molar refractivity (Wildman–Crippen MR) is 94.6 cm³/mol. The Labute approximate surface area is 137 Å². The standard InChI is InChI=1S/C17H14N2OS2/c1-12-6-5-7-13(10-12)18-11-15-16(20)19(17(21)22-15)14-8-3-2-4-9-14/h2-11,20H,1H3. The van der Waals surface area contributed by atoms with Crippen LogP contribution in [0, 0.1) is 10.9 Å². The van der Waals surface area contributed by atoms with Crippen LogP contribution in [0.25, 0.3) is 5.69 Å². The molecule has 3 rings (SSSR count). The van der Waals surface area contributed by atoms with E-state index in [1.54, 1.807) is 10.8 Å². The van der Waals surface area contributed by atoms with E-state index in [4.69, 9.17) is 12.2 Å². The molecule has 2 aromatic carbocycles. The highest BCUT2D eigenvalue weighted by Crippen LogP contribution is 2.28. The first-order valence-electron chi connectivity index (χ1n) is 6.76.